The van der Waals surface area contributed by atoms with E-state index in [1.54, 1.807) is 6.07 Å². The molecule has 2 nitrogen and oxygen atoms in total. The Hall–Kier alpha value is -0.360. The van der Waals surface area contributed by atoms with Gasteiger partial charge in [0, 0.05) is 0 Å². The zero-order chi connectivity index (χ0) is 11.5. The van der Waals surface area contributed by atoms with E-state index >= 15 is 0 Å². The lowest BCUT2D eigenvalue weighted by atomic mass is 10.2. The van der Waals surface area contributed by atoms with Gasteiger partial charge in [0.2, 0.25) is 0 Å². The molecule has 0 amide bonds. The predicted octanol–water partition coefficient (Wildman–Crippen LogP) is -0.777. The first-order chi connectivity index (χ1) is 6.88. The largest absolute Gasteiger partial charge is 1.00 e. The molecule has 16 heavy (non-hydrogen) atoms. The number of hydrogen-bond donors (Lipinski definition) is 0. The molecule has 0 bridgehead atoms. The monoisotopic (exact) mass is 339 g/mol. The first-order valence-electron chi connectivity index (χ1n) is 5.08. The van der Waals surface area contributed by atoms with Gasteiger partial charge in [-0.3, -0.25) is 0 Å². The molecule has 0 aliphatic rings. The van der Waals surface area contributed by atoms with Crippen LogP contribution in [0.2, 0.25) is 0 Å². The summed E-state index contributed by atoms with van der Waals surface area (Å²) in [6, 6.07) is 5.02. The van der Waals surface area contributed by atoms with Crippen molar-refractivity contribution in [1.82, 2.24) is 0 Å². The molecule has 0 atom stereocenters. The van der Waals surface area contributed by atoms with Gasteiger partial charge in [0.1, 0.15) is 13.2 Å². The molecule has 0 saturated heterocycles. The number of ether oxygens (including phenoxy) is 1. The topological polar surface area (TPSA) is 9.23 Å². The SMILES string of the molecule is Cc1ccc(OCC[N+](C)(C)C)c(F)c1.[I-]. The summed E-state index contributed by atoms with van der Waals surface area (Å²) >= 11 is 0. The Morgan fingerprint density at radius 1 is 1.25 bits per heavy atom. The van der Waals surface area contributed by atoms with Crippen LogP contribution >= 0.6 is 0 Å². The van der Waals surface area contributed by atoms with Crippen molar-refractivity contribution < 1.29 is 37.6 Å². The Balaban J connectivity index is 0.00000225. The highest BCUT2D eigenvalue weighted by molar-refractivity contribution is 5.28. The fourth-order valence-electron chi connectivity index (χ4n) is 1.15. The third-order valence-electron chi connectivity index (χ3n) is 2.11. The van der Waals surface area contributed by atoms with Gasteiger partial charge >= 0.3 is 0 Å². The highest BCUT2D eigenvalue weighted by Crippen LogP contribution is 2.17. The van der Waals surface area contributed by atoms with Crippen LogP contribution in [0.5, 0.6) is 5.75 Å². The van der Waals surface area contributed by atoms with Crippen molar-refractivity contribution in [2.75, 3.05) is 34.3 Å². The summed E-state index contributed by atoms with van der Waals surface area (Å²) in [4.78, 5) is 0. The summed E-state index contributed by atoms with van der Waals surface area (Å²) in [5.41, 5.74) is 0.909. The molecular formula is C12H19FINO. The van der Waals surface area contributed by atoms with Gasteiger partial charge in [0.15, 0.2) is 11.6 Å². The number of aryl methyl sites for hydroxylation is 1. The minimum atomic E-state index is -0.281. The van der Waals surface area contributed by atoms with E-state index in [0.717, 1.165) is 16.6 Å². The molecule has 0 spiro atoms. The number of nitrogens with zero attached hydrogens (tertiary/aromatic N) is 1. The van der Waals surface area contributed by atoms with E-state index in [4.69, 9.17) is 4.74 Å². The quantitative estimate of drug-likeness (QED) is 0.517. The van der Waals surface area contributed by atoms with Crippen LogP contribution in [0, 0.1) is 12.7 Å². The van der Waals surface area contributed by atoms with Crippen molar-refractivity contribution in [1.29, 1.82) is 0 Å². The van der Waals surface area contributed by atoms with Crippen LogP contribution in [0.1, 0.15) is 5.56 Å². The van der Waals surface area contributed by atoms with Gasteiger partial charge < -0.3 is 33.2 Å². The third kappa shape index (κ3) is 5.65. The molecule has 0 aliphatic carbocycles. The molecule has 0 N–H and O–H groups in total. The van der Waals surface area contributed by atoms with E-state index in [9.17, 15) is 4.39 Å². The molecule has 0 fully saturated rings. The summed E-state index contributed by atoms with van der Waals surface area (Å²) in [6.45, 7) is 3.25. The minimum absolute atomic E-state index is 0. The normalized spacial score (nSPS) is 10.8. The molecular weight excluding hydrogens is 320 g/mol. The van der Waals surface area contributed by atoms with Crippen molar-refractivity contribution in [2.24, 2.45) is 0 Å². The van der Waals surface area contributed by atoms with Crippen LogP contribution in [0.15, 0.2) is 18.2 Å². The van der Waals surface area contributed by atoms with Crippen molar-refractivity contribution >= 4 is 0 Å². The predicted molar refractivity (Wildman–Crippen MR) is 59.5 cm³/mol. The maximum absolute atomic E-state index is 13.3. The number of likely N-dealkylation sites (N-methyl/N-ethyl adjacent to an activating group) is 1. The van der Waals surface area contributed by atoms with Gasteiger partial charge in [-0.15, -0.1) is 0 Å². The summed E-state index contributed by atoms with van der Waals surface area (Å²) in [6.07, 6.45) is 0. The van der Waals surface area contributed by atoms with Crippen LogP contribution in [0.4, 0.5) is 4.39 Å². The second-order valence-electron chi connectivity index (χ2n) is 4.80. The lowest BCUT2D eigenvalue weighted by Crippen LogP contribution is -3.00. The molecule has 0 heterocycles. The lowest BCUT2D eigenvalue weighted by Gasteiger charge is -2.23. The highest BCUT2D eigenvalue weighted by atomic mass is 127. The Kier molecular flexibility index (Phi) is 6.25. The van der Waals surface area contributed by atoms with Crippen molar-refractivity contribution in [3.63, 3.8) is 0 Å². The Morgan fingerprint density at radius 2 is 1.88 bits per heavy atom. The molecule has 4 heteroatoms. The van der Waals surface area contributed by atoms with E-state index in [1.807, 2.05) is 13.0 Å². The van der Waals surface area contributed by atoms with E-state index in [2.05, 4.69) is 21.1 Å². The van der Waals surface area contributed by atoms with Gasteiger partial charge in [0.25, 0.3) is 0 Å². The van der Waals surface area contributed by atoms with Gasteiger partial charge in [-0.25, -0.2) is 4.39 Å². The number of hydrogen-bond acceptors (Lipinski definition) is 1. The summed E-state index contributed by atoms with van der Waals surface area (Å²) < 4.78 is 19.5. The van der Waals surface area contributed by atoms with Crippen LogP contribution in [-0.2, 0) is 0 Å². The Labute approximate surface area is 114 Å². The third-order valence-corrected chi connectivity index (χ3v) is 2.11. The van der Waals surface area contributed by atoms with Crippen molar-refractivity contribution in [3.05, 3.63) is 29.6 Å². The second kappa shape index (κ2) is 6.39. The van der Waals surface area contributed by atoms with E-state index in [-0.39, 0.29) is 29.8 Å². The zero-order valence-corrected chi connectivity index (χ0v) is 12.4. The number of benzene rings is 1. The summed E-state index contributed by atoms with van der Waals surface area (Å²) in [5.74, 6) is 0.0606. The first-order valence-corrected chi connectivity index (χ1v) is 5.08. The summed E-state index contributed by atoms with van der Waals surface area (Å²) in [7, 11) is 6.23. The molecule has 1 aromatic carbocycles. The average molecular weight is 339 g/mol. The minimum Gasteiger partial charge on any atom is -1.00 e. The van der Waals surface area contributed by atoms with E-state index in [1.165, 1.54) is 6.07 Å². The van der Waals surface area contributed by atoms with Gasteiger partial charge in [-0.05, 0) is 24.6 Å². The maximum atomic E-state index is 13.3. The van der Waals surface area contributed by atoms with E-state index in [0.29, 0.717) is 12.4 Å². The summed E-state index contributed by atoms with van der Waals surface area (Å²) in [5, 5.41) is 0. The lowest BCUT2D eigenvalue weighted by molar-refractivity contribution is -0.870. The molecule has 0 aromatic heterocycles. The zero-order valence-electron chi connectivity index (χ0n) is 10.3. The van der Waals surface area contributed by atoms with Crippen molar-refractivity contribution in [2.45, 2.75) is 6.92 Å². The Bertz CT molecular complexity index is 336. The average Bonchev–Trinajstić information content (AvgIpc) is 2.07. The van der Waals surface area contributed by atoms with Crippen LogP contribution in [0.3, 0.4) is 0 Å². The number of quaternary nitrogens is 1. The molecule has 1 aromatic rings. The molecule has 0 aliphatic heterocycles. The molecule has 92 valence electrons. The second-order valence-corrected chi connectivity index (χ2v) is 4.80. The molecule has 0 saturated carbocycles. The van der Waals surface area contributed by atoms with Gasteiger partial charge in [-0.1, -0.05) is 6.07 Å². The first kappa shape index (κ1) is 15.6. The van der Waals surface area contributed by atoms with Gasteiger partial charge in [-0.2, -0.15) is 0 Å². The number of halogens is 2. The van der Waals surface area contributed by atoms with E-state index < -0.39 is 0 Å². The maximum Gasteiger partial charge on any atom is 0.165 e. The smallest absolute Gasteiger partial charge is 0.165 e. The van der Waals surface area contributed by atoms with Crippen LogP contribution in [0.25, 0.3) is 0 Å². The standard InChI is InChI=1S/C12H19FNO.HI/c1-10-5-6-12(11(13)9-10)15-8-7-14(2,3)4;/h5-6,9H,7-8H2,1-4H3;1H/q+1;/p-1. The fourth-order valence-corrected chi connectivity index (χ4v) is 1.15. The molecule has 1 rings (SSSR count). The van der Waals surface area contributed by atoms with Crippen LogP contribution < -0.4 is 28.7 Å². The Morgan fingerprint density at radius 3 is 2.38 bits per heavy atom. The number of rotatable bonds is 4. The fraction of sp³-hybridized carbons (Fsp3) is 0.500. The molecule has 0 unspecified atom stereocenters. The molecule has 0 radical (unpaired) electrons. The van der Waals surface area contributed by atoms with Crippen LogP contribution in [-0.4, -0.2) is 38.8 Å². The van der Waals surface area contributed by atoms with Crippen molar-refractivity contribution in [3.8, 4) is 5.75 Å². The highest BCUT2D eigenvalue weighted by Gasteiger charge is 2.08. The van der Waals surface area contributed by atoms with Gasteiger partial charge in [0.05, 0.1) is 21.1 Å².